The zero-order valence-electron chi connectivity index (χ0n) is 18.8. The molecule has 2 heterocycles. The van der Waals surface area contributed by atoms with E-state index in [9.17, 15) is 4.79 Å². The summed E-state index contributed by atoms with van der Waals surface area (Å²) in [5.41, 5.74) is 3.40. The lowest BCUT2D eigenvalue weighted by atomic mass is 9.73. The molecule has 0 saturated carbocycles. The molecule has 2 aliphatic rings. The fourth-order valence-corrected chi connectivity index (χ4v) is 4.83. The molecule has 7 nitrogen and oxygen atoms in total. The SMILES string of the molecule is COc1cc(C2C3=C(CC(C)(C)CC3=O)Nc3ncnn32)ccc1OCc1cccc(Cl)c1. The van der Waals surface area contributed by atoms with Crippen LogP contribution in [0.1, 0.15) is 43.9 Å². The van der Waals surface area contributed by atoms with Crippen LogP contribution in [-0.2, 0) is 11.4 Å². The van der Waals surface area contributed by atoms with Gasteiger partial charge in [0.05, 0.1) is 7.11 Å². The van der Waals surface area contributed by atoms with Crippen LogP contribution in [0, 0.1) is 5.41 Å². The predicted molar refractivity (Wildman–Crippen MR) is 126 cm³/mol. The summed E-state index contributed by atoms with van der Waals surface area (Å²) in [4.78, 5) is 17.6. The van der Waals surface area contributed by atoms with Gasteiger partial charge in [0.2, 0.25) is 5.95 Å². The number of Topliss-reactive ketones (excluding diaryl/α,β-unsaturated/α-hetero) is 1. The van der Waals surface area contributed by atoms with Gasteiger partial charge in [0, 0.05) is 22.7 Å². The molecule has 1 aliphatic carbocycles. The average Bonchev–Trinajstić information content (AvgIpc) is 3.23. The molecule has 0 bridgehead atoms. The highest BCUT2D eigenvalue weighted by Crippen LogP contribution is 2.46. The van der Waals surface area contributed by atoms with Crippen LogP contribution >= 0.6 is 11.6 Å². The van der Waals surface area contributed by atoms with Crippen molar-refractivity contribution in [1.29, 1.82) is 0 Å². The monoisotopic (exact) mass is 464 g/mol. The molecule has 1 unspecified atom stereocenters. The molecule has 8 heteroatoms. The van der Waals surface area contributed by atoms with Crippen molar-refractivity contribution in [2.24, 2.45) is 5.41 Å². The minimum Gasteiger partial charge on any atom is -0.493 e. The van der Waals surface area contributed by atoms with Gasteiger partial charge in [0.15, 0.2) is 17.3 Å². The number of anilines is 1. The molecule has 1 atom stereocenters. The smallest absolute Gasteiger partial charge is 0.226 e. The molecule has 3 aromatic rings. The standard InChI is InChI=1S/C25H25ClN4O3/c1-25(2)11-18-22(19(31)12-25)23(30-24(29-18)27-14-28-30)16-7-8-20(21(10-16)32-3)33-13-15-5-4-6-17(26)9-15/h4-10,14,23H,11-13H2,1-3H3,(H,27,28,29). The van der Waals surface area contributed by atoms with Crippen LogP contribution in [0.4, 0.5) is 5.95 Å². The highest BCUT2D eigenvalue weighted by Gasteiger charge is 2.41. The van der Waals surface area contributed by atoms with E-state index in [4.69, 9.17) is 21.1 Å². The lowest BCUT2D eigenvalue weighted by Gasteiger charge is -2.38. The van der Waals surface area contributed by atoms with Crippen LogP contribution in [0.25, 0.3) is 0 Å². The van der Waals surface area contributed by atoms with Crippen LogP contribution in [0.2, 0.25) is 5.02 Å². The second-order valence-electron chi connectivity index (χ2n) is 9.22. The number of nitrogens with one attached hydrogen (secondary N) is 1. The van der Waals surface area contributed by atoms with Gasteiger partial charge in [-0.1, -0.05) is 43.6 Å². The maximum Gasteiger partial charge on any atom is 0.226 e. The third-order valence-corrected chi connectivity index (χ3v) is 6.30. The molecule has 0 spiro atoms. The number of halogens is 1. The number of rotatable bonds is 5. The first-order chi connectivity index (χ1) is 15.8. The van der Waals surface area contributed by atoms with E-state index >= 15 is 0 Å². The fraction of sp³-hybridized carbons (Fsp3) is 0.320. The van der Waals surface area contributed by atoms with E-state index in [1.807, 2.05) is 42.5 Å². The average molecular weight is 465 g/mol. The number of fused-ring (bicyclic) bond motifs is 1. The van der Waals surface area contributed by atoms with Gasteiger partial charge in [-0.2, -0.15) is 10.1 Å². The van der Waals surface area contributed by atoms with E-state index in [2.05, 4.69) is 29.2 Å². The van der Waals surface area contributed by atoms with Crippen molar-refractivity contribution in [2.75, 3.05) is 12.4 Å². The van der Waals surface area contributed by atoms with Crippen LogP contribution in [0.3, 0.4) is 0 Å². The lowest BCUT2D eigenvalue weighted by Crippen LogP contribution is -2.36. The number of nitrogens with zero attached hydrogens (tertiary/aromatic N) is 3. The first-order valence-corrected chi connectivity index (χ1v) is 11.2. The van der Waals surface area contributed by atoms with E-state index in [-0.39, 0.29) is 17.2 Å². The van der Waals surface area contributed by atoms with Gasteiger partial charge in [-0.15, -0.1) is 0 Å². The largest absolute Gasteiger partial charge is 0.493 e. The fourth-order valence-electron chi connectivity index (χ4n) is 4.62. The normalized spacial score (nSPS) is 18.9. The van der Waals surface area contributed by atoms with Crippen molar-refractivity contribution in [1.82, 2.24) is 14.8 Å². The Bertz CT molecular complexity index is 1260. The predicted octanol–water partition coefficient (Wildman–Crippen LogP) is 5.18. The zero-order chi connectivity index (χ0) is 23.2. The van der Waals surface area contributed by atoms with Gasteiger partial charge in [-0.3, -0.25) is 4.79 Å². The molecule has 0 saturated heterocycles. The van der Waals surface area contributed by atoms with Crippen LogP contribution < -0.4 is 14.8 Å². The van der Waals surface area contributed by atoms with Gasteiger partial charge in [-0.05, 0) is 47.2 Å². The molecular formula is C25H25ClN4O3. The number of benzene rings is 2. The summed E-state index contributed by atoms with van der Waals surface area (Å²) in [6.45, 7) is 4.58. The van der Waals surface area contributed by atoms with Crippen molar-refractivity contribution in [3.63, 3.8) is 0 Å². The third-order valence-electron chi connectivity index (χ3n) is 6.06. The van der Waals surface area contributed by atoms with Crippen LogP contribution in [0.15, 0.2) is 60.1 Å². The lowest BCUT2D eigenvalue weighted by molar-refractivity contribution is -0.118. The number of carbonyl (C=O) groups excluding carboxylic acids is 1. The quantitative estimate of drug-likeness (QED) is 0.560. The van der Waals surface area contributed by atoms with Gasteiger partial charge in [0.25, 0.3) is 0 Å². The number of carbonyl (C=O) groups is 1. The Hall–Kier alpha value is -3.32. The second-order valence-corrected chi connectivity index (χ2v) is 9.65. The second kappa shape index (κ2) is 8.23. The number of aromatic nitrogens is 3. The van der Waals surface area contributed by atoms with E-state index in [1.165, 1.54) is 6.33 Å². The molecule has 0 fully saturated rings. The Kier molecular flexibility index (Phi) is 5.37. The summed E-state index contributed by atoms with van der Waals surface area (Å²) in [5.74, 6) is 1.95. The van der Waals surface area contributed by atoms with Crippen molar-refractivity contribution >= 4 is 23.3 Å². The number of ether oxygens (including phenoxy) is 2. The van der Waals surface area contributed by atoms with Crippen LogP contribution in [-0.4, -0.2) is 27.7 Å². The van der Waals surface area contributed by atoms with Gasteiger partial charge in [0.1, 0.15) is 19.0 Å². The summed E-state index contributed by atoms with van der Waals surface area (Å²) in [7, 11) is 1.60. The van der Waals surface area contributed by atoms with Gasteiger partial charge < -0.3 is 14.8 Å². The first kappa shape index (κ1) is 21.5. The molecule has 1 aromatic heterocycles. The molecule has 33 heavy (non-hydrogen) atoms. The topological polar surface area (TPSA) is 78.3 Å². The third kappa shape index (κ3) is 4.09. The minimum absolute atomic E-state index is 0.106. The van der Waals surface area contributed by atoms with Crippen molar-refractivity contribution in [3.05, 3.63) is 76.2 Å². The Labute approximate surface area is 197 Å². The maximum absolute atomic E-state index is 13.2. The van der Waals surface area contributed by atoms with Crippen molar-refractivity contribution in [2.45, 2.75) is 39.3 Å². The molecule has 170 valence electrons. The maximum atomic E-state index is 13.2. The minimum atomic E-state index is -0.377. The first-order valence-electron chi connectivity index (χ1n) is 10.8. The summed E-state index contributed by atoms with van der Waals surface area (Å²) in [6.07, 6.45) is 2.77. The van der Waals surface area contributed by atoms with E-state index in [0.29, 0.717) is 35.5 Å². The number of methoxy groups -OCH3 is 1. The van der Waals surface area contributed by atoms with Crippen molar-refractivity contribution in [3.8, 4) is 11.5 Å². The zero-order valence-corrected chi connectivity index (χ0v) is 19.5. The summed E-state index contributed by atoms with van der Waals surface area (Å²) in [6, 6.07) is 12.9. The summed E-state index contributed by atoms with van der Waals surface area (Å²) >= 11 is 6.08. The molecular weight excluding hydrogens is 440 g/mol. The molecule has 1 aliphatic heterocycles. The van der Waals surface area contributed by atoms with E-state index < -0.39 is 0 Å². The number of hydrogen-bond donors (Lipinski definition) is 1. The van der Waals surface area contributed by atoms with E-state index in [0.717, 1.165) is 28.8 Å². The molecule has 0 amide bonds. The van der Waals surface area contributed by atoms with E-state index in [1.54, 1.807) is 11.8 Å². The molecule has 2 aromatic carbocycles. The number of allylic oxidation sites excluding steroid dienone is 2. The Morgan fingerprint density at radius 1 is 1.18 bits per heavy atom. The highest BCUT2D eigenvalue weighted by atomic mass is 35.5. The molecule has 1 N–H and O–H groups in total. The molecule has 5 rings (SSSR count). The summed E-state index contributed by atoms with van der Waals surface area (Å²) in [5, 5.41) is 8.40. The highest BCUT2D eigenvalue weighted by molar-refractivity contribution is 6.30. The number of ketones is 1. The van der Waals surface area contributed by atoms with Crippen LogP contribution in [0.5, 0.6) is 11.5 Å². The summed E-state index contributed by atoms with van der Waals surface area (Å²) < 4.78 is 13.4. The Morgan fingerprint density at radius 3 is 2.82 bits per heavy atom. The van der Waals surface area contributed by atoms with Gasteiger partial charge in [-0.25, -0.2) is 4.68 Å². The van der Waals surface area contributed by atoms with Crippen molar-refractivity contribution < 1.29 is 14.3 Å². The number of hydrogen-bond acceptors (Lipinski definition) is 6. The molecule has 0 radical (unpaired) electrons. The Morgan fingerprint density at radius 2 is 2.03 bits per heavy atom. The Balaban J connectivity index is 1.50. The van der Waals surface area contributed by atoms with Gasteiger partial charge >= 0.3 is 0 Å².